The molecule has 1 N–H and O–H groups in total. The van der Waals surface area contributed by atoms with Crippen molar-refractivity contribution in [2.45, 2.75) is 25.3 Å². The van der Waals surface area contributed by atoms with E-state index in [0.29, 0.717) is 0 Å². The second-order valence-corrected chi connectivity index (χ2v) is 4.52. The topological polar surface area (TPSA) is 12.0 Å². The molecule has 1 saturated carbocycles. The van der Waals surface area contributed by atoms with E-state index in [0.717, 1.165) is 11.5 Å². The lowest BCUT2D eigenvalue weighted by atomic mass is 9.60. The van der Waals surface area contributed by atoms with E-state index >= 15 is 0 Å². The van der Waals surface area contributed by atoms with Crippen molar-refractivity contribution in [3.63, 3.8) is 0 Å². The average Bonchev–Trinajstić information content (AvgIpc) is 1.77. The van der Waals surface area contributed by atoms with Gasteiger partial charge < -0.3 is 5.32 Å². The molecular formula is C8H15NS. The van der Waals surface area contributed by atoms with Gasteiger partial charge in [0.2, 0.25) is 0 Å². The van der Waals surface area contributed by atoms with E-state index in [4.69, 9.17) is 0 Å². The van der Waals surface area contributed by atoms with E-state index in [1.54, 1.807) is 0 Å². The van der Waals surface area contributed by atoms with Crippen molar-refractivity contribution in [1.29, 1.82) is 0 Å². The Balaban J connectivity index is 1.87. The second-order valence-electron chi connectivity index (χ2n) is 3.60. The van der Waals surface area contributed by atoms with Crippen LogP contribution in [0.2, 0.25) is 0 Å². The molecule has 1 aliphatic carbocycles. The fourth-order valence-electron chi connectivity index (χ4n) is 2.09. The van der Waals surface area contributed by atoms with Gasteiger partial charge in [-0.25, -0.2) is 0 Å². The maximum absolute atomic E-state index is 3.52. The predicted molar refractivity (Wildman–Crippen MR) is 46.5 cm³/mol. The molecule has 1 nitrogen and oxygen atoms in total. The minimum Gasteiger partial charge on any atom is -0.312 e. The Morgan fingerprint density at radius 1 is 1.60 bits per heavy atom. The van der Waals surface area contributed by atoms with Gasteiger partial charge in [0.1, 0.15) is 0 Å². The van der Waals surface area contributed by atoms with Crippen LogP contribution in [-0.2, 0) is 0 Å². The van der Waals surface area contributed by atoms with Gasteiger partial charge >= 0.3 is 0 Å². The van der Waals surface area contributed by atoms with Gasteiger partial charge in [-0.05, 0) is 24.5 Å². The van der Waals surface area contributed by atoms with Crippen LogP contribution in [0, 0.1) is 5.41 Å². The molecule has 0 bridgehead atoms. The molecule has 1 atom stereocenters. The molecule has 58 valence electrons. The summed E-state index contributed by atoms with van der Waals surface area (Å²) in [6.45, 7) is 1.30. The summed E-state index contributed by atoms with van der Waals surface area (Å²) in [7, 11) is 0. The van der Waals surface area contributed by atoms with Crippen LogP contribution in [0.15, 0.2) is 0 Å². The van der Waals surface area contributed by atoms with Crippen LogP contribution in [0.4, 0.5) is 0 Å². The van der Waals surface area contributed by atoms with E-state index in [1.165, 1.54) is 31.6 Å². The van der Waals surface area contributed by atoms with E-state index in [1.807, 2.05) is 11.8 Å². The van der Waals surface area contributed by atoms with Gasteiger partial charge in [-0.1, -0.05) is 6.42 Å². The van der Waals surface area contributed by atoms with Gasteiger partial charge in [0.15, 0.2) is 0 Å². The Bertz CT molecular complexity index is 126. The van der Waals surface area contributed by atoms with Gasteiger partial charge in [-0.2, -0.15) is 11.8 Å². The predicted octanol–water partition coefficient (Wildman–Crippen LogP) is 1.49. The van der Waals surface area contributed by atoms with Gasteiger partial charge in [0.05, 0.1) is 0 Å². The SMILES string of the molecule is CSCC1NCC12CCC2. The van der Waals surface area contributed by atoms with Crippen LogP contribution in [0.5, 0.6) is 0 Å². The van der Waals surface area contributed by atoms with Crippen molar-refractivity contribution in [2.75, 3.05) is 18.6 Å². The van der Waals surface area contributed by atoms with Crippen LogP contribution in [0.3, 0.4) is 0 Å². The second kappa shape index (κ2) is 2.42. The molecule has 1 saturated heterocycles. The van der Waals surface area contributed by atoms with Crippen LogP contribution in [0.1, 0.15) is 19.3 Å². The lowest BCUT2D eigenvalue weighted by molar-refractivity contribution is 0.00811. The molecule has 1 heterocycles. The number of rotatable bonds is 2. The molecule has 1 unspecified atom stereocenters. The minimum atomic E-state index is 0.781. The normalized spacial score (nSPS) is 35.1. The number of thioether (sulfide) groups is 1. The maximum Gasteiger partial charge on any atom is 0.0226 e. The summed E-state index contributed by atoms with van der Waals surface area (Å²) in [4.78, 5) is 0. The molecule has 2 aliphatic rings. The summed E-state index contributed by atoms with van der Waals surface area (Å²) in [5.74, 6) is 1.32. The highest BCUT2D eigenvalue weighted by atomic mass is 32.2. The molecule has 1 spiro atoms. The molecule has 10 heavy (non-hydrogen) atoms. The Hall–Kier alpha value is 0.310. The molecule has 0 aromatic carbocycles. The zero-order valence-corrected chi connectivity index (χ0v) is 7.34. The van der Waals surface area contributed by atoms with Crippen LogP contribution in [-0.4, -0.2) is 24.6 Å². The molecule has 0 aromatic rings. The molecule has 1 aliphatic heterocycles. The zero-order valence-electron chi connectivity index (χ0n) is 6.52. The summed E-state index contributed by atoms with van der Waals surface area (Å²) in [5, 5.41) is 3.52. The third-order valence-electron chi connectivity index (χ3n) is 3.12. The minimum absolute atomic E-state index is 0.781. The van der Waals surface area contributed by atoms with E-state index in [2.05, 4.69) is 11.6 Å². The summed E-state index contributed by atoms with van der Waals surface area (Å²) in [6.07, 6.45) is 6.66. The Morgan fingerprint density at radius 2 is 2.40 bits per heavy atom. The molecule has 0 radical (unpaired) electrons. The first-order valence-corrected chi connectivity index (χ1v) is 5.49. The Morgan fingerprint density at radius 3 is 2.70 bits per heavy atom. The molecular weight excluding hydrogens is 142 g/mol. The highest BCUT2D eigenvalue weighted by Crippen LogP contribution is 2.48. The largest absolute Gasteiger partial charge is 0.312 e. The lowest BCUT2D eigenvalue weighted by Gasteiger charge is -2.56. The van der Waals surface area contributed by atoms with Crippen molar-refractivity contribution in [2.24, 2.45) is 5.41 Å². The smallest absolute Gasteiger partial charge is 0.0226 e. The highest BCUT2D eigenvalue weighted by molar-refractivity contribution is 7.98. The van der Waals surface area contributed by atoms with Crippen molar-refractivity contribution >= 4 is 11.8 Å². The van der Waals surface area contributed by atoms with Gasteiger partial charge in [-0.15, -0.1) is 0 Å². The first-order chi connectivity index (χ1) is 4.87. The van der Waals surface area contributed by atoms with E-state index in [-0.39, 0.29) is 0 Å². The van der Waals surface area contributed by atoms with Crippen molar-refractivity contribution in [3.8, 4) is 0 Å². The monoisotopic (exact) mass is 157 g/mol. The van der Waals surface area contributed by atoms with E-state index in [9.17, 15) is 0 Å². The quantitative estimate of drug-likeness (QED) is 0.652. The molecule has 2 rings (SSSR count). The number of nitrogens with one attached hydrogen (secondary N) is 1. The summed E-state index contributed by atoms with van der Waals surface area (Å²) < 4.78 is 0. The van der Waals surface area contributed by atoms with Crippen molar-refractivity contribution in [3.05, 3.63) is 0 Å². The standard InChI is InChI=1S/C8H15NS/c1-10-5-7-8(6-9-7)3-2-4-8/h7,9H,2-6H2,1H3. The lowest BCUT2D eigenvalue weighted by Crippen LogP contribution is -2.66. The number of hydrogen-bond donors (Lipinski definition) is 1. The van der Waals surface area contributed by atoms with Gasteiger partial charge in [0, 0.05) is 18.3 Å². The van der Waals surface area contributed by atoms with Gasteiger partial charge in [-0.3, -0.25) is 0 Å². The van der Waals surface area contributed by atoms with Crippen molar-refractivity contribution in [1.82, 2.24) is 5.32 Å². The maximum atomic E-state index is 3.52. The average molecular weight is 157 g/mol. The third kappa shape index (κ3) is 0.817. The first-order valence-electron chi connectivity index (χ1n) is 4.10. The third-order valence-corrected chi connectivity index (χ3v) is 3.79. The summed E-state index contributed by atoms with van der Waals surface area (Å²) in [6, 6.07) is 0.858. The van der Waals surface area contributed by atoms with Crippen molar-refractivity contribution < 1.29 is 0 Å². The Kier molecular flexibility index (Phi) is 1.69. The van der Waals surface area contributed by atoms with Gasteiger partial charge in [0.25, 0.3) is 0 Å². The van der Waals surface area contributed by atoms with Crippen LogP contribution >= 0.6 is 11.8 Å². The van der Waals surface area contributed by atoms with Crippen LogP contribution < -0.4 is 5.32 Å². The molecule has 0 amide bonds. The first kappa shape index (κ1) is 6.99. The van der Waals surface area contributed by atoms with Crippen LogP contribution in [0.25, 0.3) is 0 Å². The summed E-state index contributed by atoms with van der Waals surface area (Å²) in [5.41, 5.74) is 0.781. The number of hydrogen-bond acceptors (Lipinski definition) is 2. The molecule has 2 fully saturated rings. The Labute approximate surface area is 67.0 Å². The van der Waals surface area contributed by atoms with E-state index < -0.39 is 0 Å². The fourth-order valence-corrected chi connectivity index (χ4v) is 2.90. The molecule has 0 aromatic heterocycles. The molecule has 2 heteroatoms. The zero-order chi connectivity index (χ0) is 7.03. The fraction of sp³-hybridized carbons (Fsp3) is 1.00. The highest BCUT2D eigenvalue weighted by Gasteiger charge is 2.49. The summed E-state index contributed by atoms with van der Waals surface area (Å²) >= 11 is 1.97.